The number of benzene rings is 1. The van der Waals surface area contributed by atoms with Gasteiger partial charge in [0.05, 0.1) is 6.04 Å². The van der Waals surface area contributed by atoms with Crippen LogP contribution in [0.2, 0.25) is 5.02 Å². The number of nitrogens with one attached hydrogen (secondary N) is 2. The van der Waals surface area contributed by atoms with E-state index in [1.54, 1.807) is 12.1 Å². The fourth-order valence-corrected chi connectivity index (χ4v) is 2.20. The molecule has 1 amide bonds. The molecule has 1 fully saturated rings. The van der Waals surface area contributed by atoms with Gasteiger partial charge < -0.3 is 10.6 Å². The van der Waals surface area contributed by atoms with E-state index in [0.29, 0.717) is 10.6 Å². The van der Waals surface area contributed by atoms with Crippen LogP contribution in [0.15, 0.2) is 18.2 Å². The molecule has 0 saturated carbocycles. The van der Waals surface area contributed by atoms with Gasteiger partial charge in [0.25, 0.3) is 0 Å². The maximum absolute atomic E-state index is 13.5. The van der Waals surface area contributed by atoms with Crippen molar-refractivity contribution in [1.82, 2.24) is 10.6 Å². The van der Waals surface area contributed by atoms with Gasteiger partial charge in [0, 0.05) is 17.1 Å². The van der Waals surface area contributed by atoms with Crippen molar-refractivity contribution >= 4 is 17.5 Å². The van der Waals surface area contributed by atoms with Crippen molar-refractivity contribution in [3.63, 3.8) is 0 Å². The summed E-state index contributed by atoms with van der Waals surface area (Å²) in [7, 11) is 0. The average molecular weight is 271 g/mol. The Morgan fingerprint density at radius 2 is 2.33 bits per heavy atom. The Balaban J connectivity index is 1.88. The van der Waals surface area contributed by atoms with Gasteiger partial charge in [-0.3, -0.25) is 4.79 Å². The number of carbonyl (C=O) groups is 1. The second kappa shape index (κ2) is 6.16. The first-order valence-electron chi connectivity index (χ1n) is 6.12. The summed E-state index contributed by atoms with van der Waals surface area (Å²) in [6.07, 6.45) is 3.00. The standard InChI is InChI=1S/C13H16ClFN2O/c14-10-5-4-9(11(15)7-10)8-17-13(18)12-3-1-2-6-16-12/h4-5,7,12,16H,1-3,6,8H2,(H,17,18). The predicted octanol–water partition coefficient (Wildman–Crippen LogP) is 2.24. The number of rotatable bonds is 3. The van der Waals surface area contributed by atoms with Crippen LogP contribution in [-0.4, -0.2) is 18.5 Å². The quantitative estimate of drug-likeness (QED) is 0.884. The Hall–Kier alpha value is -1.13. The highest BCUT2D eigenvalue weighted by Gasteiger charge is 2.20. The normalized spacial score (nSPS) is 19.6. The molecule has 5 heteroatoms. The van der Waals surface area contributed by atoms with E-state index in [0.717, 1.165) is 25.8 Å². The van der Waals surface area contributed by atoms with Gasteiger partial charge in [0.2, 0.25) is 5.91 Å². The predicted molar refractivity (Wildman–Crippen MR) is 68.9 cm³/mol. The van der Waals surface area contributed by atoms with Crippen LogP contribution in [0.1, 0.15) is 24.8 Å². The van der Waals surface area contributed by atoms with Gasteiger partial charge >= 0.3 is 0 Å². The molecular weight excluding hydrogens is 255 g/mol. The van der Waals surface area contributed by atoms with Crippen LogP contribution in [0.25, 0.3) is 0 Å². The highest BCUT2D eigenvalue weighted by atomic mass is 35.5. The van der Waals surface area contributed by atoms with Crippen LogP contribution in [0.4, 0.5) is 4.39 Å². The molecule has 1 aliphatic heterocycles. The third-order valence-electron chi connectivity index (χ3n) is 3.09. The molecule has 3 nitrogen and oxygen atoms in total. The van der Waals surface area contributed by atoms with E-state index in [2.05, 4.69) is 10.6 Å². The van der Waals surface area contributed by atoms with Crippen molar-refractivity contribution in [2.45, 2.75) is 31.8 Å². The first kappa shape index (κ1) is 13.3. The van der Waals surface area contributed by atoms with Crippen molar-refractivity contribution in [2.75, 3.05) is 6.54 Å². The Bertz CT molecular complexity index is 433. The van der Waals surface area contributed by atoms with Gasteiger partial charge in [-0.25, -0.2) is 4.39 Å². The van der Waals surface area contributed by atoms with Gasteiger partial charge in [0.1, 0.15) is 5.82 Å². The first-order chi connectivity index (χ1) is 8.66. The lowest BCUT2D eigenvalue weighted by atomic mass is 10.0. The van der Waals surface area contributed by atoms with Gasteiger partial charge in [-0.2, -0.15) is 0 Å². The minimum atomic E-state index is -0.389. The van der Waals surface area contributed by atoms with Crippen LogP contribution in [0.3, 0.4) is 0 Å². The largest absolute Gasteiger partial charge is 0.351 e. The van der Waals surface area contributed by atoms with Crippen LogP contribution >= 0.6 is 11.6 Å². The number of amides is 1. The Kier molecular flexibility index (Phi) is 4.55. The van der Waals surface area contributed by atoms with E-state index in [9.17, 15) is 9.18 Å². The van der Waals surface area contributed by atoms with Crippen molar-refractivity contribution in [3.05, 3.63) is 34.6 Å². The van der Waals surface area contributed by atoms with Crippen LogP contribution in [0, 0.1) is 5.82 Å². The molecule has 1 heterocycles. The number of carbonyl (C=O) groups excluding carboxylic acids is 1. The van der Waals surface area contributed by atoms with E-state index < -0.39 is 0 Å². The fraction of sp³-hybridized carbons (Fsp3) is 0.462. The summed E-state index contributed by atoms with van der Waals surface area (Å²) in [6.45, 7) is 1.06. The summed E-state index contributed by atoms with van der Waals surface area (Å²) in [5.74, 6) is -0.455. The second-order valence-corrected chi connectivity index (χ2v) is 4.89. The highest BCUT2D eigenvalue weighted by molar-refractivity contribution is 6.30. The third kappa shape index (κ3) is 3.43. The molecule has 18 heavy (non-hydrogen) atoms. The number of hydrogen-bond donors (Lipinski definition) is 2. The zero-order valence-corrected chi connectivity index (χ0v) is 10.8. The molecule has 0 radical (unpaired) electrons. The third-order valence-corrected chi connectivity index (χ3v) is 3.33. The van der Waals surface area contributed by atoms with Crippen molar-refractivity contribution in [1.29, 1.82) is 0 Å². The summed E-state index contributed by atoms with van der Waals surface area (Å²) in [5.41, 5.74) is 0.448. The minimum absolute atomic E-state index is 0.0657. The average Bonchev–Trinajstić information content (AvgIpc) is 2.38. The van der Waals surface area contributed by atoms with Gasteiger partial charge in [-0.05, 0) is 31.5 Å². The summed E-state index contributed by atoms with van der Waals surface area (Å²) in [6, 6.07) is 4.31. The zero-order chi connectivity index (χ0) is 13.0. The van der Waals surface area contributed by atoms with Gasteiger partial charge in [-0.15, -0.1) is 0 Å². The van der Waals surface area contributed by atoms with E-state index in [1.807, 2.05) is 0 Å². The zero-order valence-electron chi connectivity index (χ0n) is 10.0. The molecule has 0 aliphatic carbocycles. The fourth-order valence-electron chi connectivity index (χ4n) is 2.05. The number of hydrogen-bond acceptors (Lipinski definition) is 2. The number of piperidine rings is 1. The minimum Gasteiger partial charge on any atom is -0.351 e. The molecule has 0 spiro atoms. The maximum Gasteiger partial charge on any atom is 0.237 e. The first-order valence-corrected chi connectivity index (χ1v) is 6.49. The van der Waals surface area contributed by atoms with E-state index >= 15 is 0 Å². The molecule has 1 unspecified atom stereocenters. The SMILES string of the molecule is O=C(NCc1ccc(Cl)cc1F)C1CCCCN1. The van der Waals surface area contributed by atoms with E-state index in [4.69, 9.17) is 11.6 Å². The van der Waals surface area contributed by atoms with Crippen molar-refractivity contribution < 1.29 is 9.18 Å². The van der Waals surface area contributed by atoms with Crippen LogP contribution < -0.4 is 10.6 Å². The molecule has 0 bridgehead atoms. The Morgan fingerprint density at radius 1 is 1.50 bits per heavy atom. The lowest BCUT2D eigenvalue weighted by Crippen LogP contribution is -2.46. The molecular formula is C13H16ClFN2O. The van der Waals surface area contributed by atoms with Crippen molar-refractivity contribution in [3.8, 4) is 0 Å². The Morgan fingerprint density at radius 3 is 3.00 bits per heavy atom. The van der Waals surface area contributed by atoms with Crippen LogP contribution in [-0.2, 0) is 11.3 Å². The molecule has 1 atom stereocenters. The van der Waals surface area contributed by atoms with Crippen molar-refractivity contribution in [2.24, 2.45) is 0 Å². The molecule has 2 N–H and O–H groups in total. The lowest BCUT2D eigenvalue weighted by molar-refractivity contribution is -0.123. The summed E-state index contributed by atoms with van der Waals surface area (Å²) < 4.78 is 13.5. The van der Waals surface area contributed by atoms with E-state index in [-0.39, 0.29) is 24.3 Å². The monoisotopic (exact) mass is 270 g/mol. The highest BCUT2D eigenvalue weighted by Crippen LogP contribution is 2.14. The van der Waals surface area contributed by atoms with Crippen LogP contribution in [0.5, 0.6) is 0 Å². The second-order valence-electron chi connectivity index (χ2n) is 4.46. The lowest BCUT2D eigenvalue weighted by Gasteiger charge is -2.22. The molecule has 0 aromatic heterocycles. The van der Waals surface area contributed by atoms with E-state index in [1.165, 1.54) is 6.07 Å². The molecule has 1 aromatic carbocycles. The smallest absolute Gasteiger partial charge is 0.237 e. The topological polar surface area (TPSA) is 41.1 Å². The summed E-state index contributed by atoms with van der Waals surface area (Å²) in [4.78, 5) is 11.8. The molecule has 2 rings (SSSR count). The Labute approximate surface area is 111 Å². The molecule has 1 saturated heterocycles. The maximum atomic E-state index is 13.5. The molecule has 1 aliphatic rings. The molecule has 1 aromatic rings. The van der Waals surface area contributed by atoms with Gasteiger partial charge in [-0.1, -0.05) is 24.1 Å². The number of halogens is 2. The molecule has 98 valence electrons. The summed E-state index contributed by atoms with van der Waals surface area (Å²) in [5, 5.41) is 6.25. The van der Waals surface area contributed by atoms with Gasteiger partial charge in [0.15, 0.2) is 0 Å². The summed E-state index contributed by atoms with van der Waals surface area (Å²) >= 11 is 5.66.